The van der Waals surface area contributed by atoms with E-state index < -0.39 is 35.0 Å². The smallest absolute Gasteiger partial charge is 0.435 e. The van der Waals surface area contributed by atoms with E-state index in [0.717, 1.165) is 10.0 Å². The lowest BCUT2D eigenvalue weighted by Gasteiger charge is -2.38. The Bertz CT molecular complexity index is 1180. The predicted octanol–water partition coefficient (Wildman–Crippen LogP) is 4.87. The lowest BCUT2D eigenvalue weighted by molar-refractivity contribution is -0.161. The van der Waals surface area contributed by atoms with E-state index in [4.69, 9.17) is 23.9 Å². The molecule has 1 aliphatic rings. The highest BCUT2D eigenvalue weighted by Gasteiger charge is 2.61. The number of hydrogen-bond acceptors (Lipinski definition) is 8. The number of benzene rings is 2. The average Bonchev–Trinajstić information content (AvgIpc) is 3.20. The number of methoxy groups -OCH3 is 2. The third-order valence-corrected chi connectivity index (χ3v) is 5.10. The van der Waals surface area contributed by atoms with Crippen LogP contribution in [0.4, 0.5) is 9.59 Å². The second-order valence-corrected chi connectivity index (χ2v) is 10.3. The van der Waals surface area contributed by atoms with E-state index in [-0.39, 0.29) is 11.4 Å². The van der Waals surface area contributed by atoms with E-state index in [1.54, 1.807) is 96.1 Å². The van der Waals surface area contributed by atoms with Gasteiger partial charge in [-0.1, -0.05) is 30.3 Å². The first kappa shape index (κ1) is 27.5. The standard InChI is InChI=1S/C27H33N3O7/c1-25(2,3)36-23(32)29-21(18-14-16-20(34-7)17-15-18)28-27(22(31)35-8,19-12-10-9-11-13-19)30(29)24(33)37-26(4,5)6/h9-17H,1-8H3/t27-/m1/s1. The Kier molecular flexibility index (Phi) is 7.52. The molecule has 0 spiro atoms. The van der Waals surface area contributed by atoms with Crippen molar-refractivity contribution >= 4 is 24.0 Å². The number of esters is 1. The summed E-state index contributed by atoms with van der Waals surface area (Å²) in [6.07, 6.45) is -1.94. The van der Waals surface area contributed by atoms with Gasteiger partial charge in [0.05, 0.1) is 14.2 Å². The van der Waals surface area contributed by atoms with Crippen LogP contribution in [0.15, 0.2) is 59.6 Å². The fourth-order valence-corrected chi connectivity index (χ4v) is 3.66. The second-order valence-electron chi connectivity index (χ2n) is 10.3. The number of carbonyl (C=O) groups excluding carboxylic acids is 3. The van der Waals surface area contributed by atoms with Crippen molar-refractivity contribution in [2.45, 2.75) is 58.4 Å². The lowest BCUT2D eigenvalue weighted by Crippen LogP contribution is -2.60. The summed E-state index contributed by atoms with van der Waals surface area (Å²) in [6.45, 7) is 10.1. The van der Waals surface area contributed by atoms with Crippen molar-refractivity contribution in [3.8, 4) is 5.75 Å². The molecule has 1 atom stereocenters. The molecular formula is C27H33N3O7. The van der Waals surface area contributed by atoms with Crippen LogP contribution in [0.5, 0.6) is 5.75 Å². The van der Waals surface area contributed by atoms with E-state index in [9.17, 15) is 14.4 Å². The van der Waals surface area contributed by atoms with Gasteiger partial charge < -0.3 is 18.9 Å². The maximum atomic E-state index is 13.8. The quantitative estimate of drug-likeness (QED) is 0.426. The summed E-state index contributed by atoms with van der Waals surface area (Å²) in [5, 5.41) is 1.78. The van der Waals surface area contributed by atoms with Crippen molar-refractivity contribution in [3.05, 3.63) is 65.7 Å². The van der Waals surface area contributed by atoms with Crippen LogP contribution in [-0.2, 0) is 24.7 Å². The van der Waals surface area contributed by atoms with Gasteiger partial charge in [-0.3, -0.25) is 0 Å². The Morgan fingerprint density at radius 1 is 0.784 bits per heavy atom. The number of hydrogen-bond donors (Lipinski definition) is 0. The van der Waals surface area contributed by atoms with Crippen LogP contribution in [0.3, 0.4) is 0 Å². The molecule has 0 aliphatic carbocycles. The SMILES string of the molecule is COC(=O)[C@]1(c2ccccc2)N=C(c2ccc(OC)cc2)N(C(=O)OC(C)(C)C)N1C(=O)OC(C)(C)C. The van der Waals surface area contributed by atoms with Crippen LogP contribution >= 0.6 is 0 Å². The third kappa shape index (κ3) is 5.68. The van der Waals surface area contributed by atoms with Gasteiger partial charge in [-0.25, -0.2) is 19.4 Å². The minimum atomic E-state index is -2.12. The molecule has 37 heavy (non-hydrogen) atoms. The van der Waals surface area contributed by atoms with Gasteiger partial charge in [-0.05, 0) is 65.8 Å². The van der Waals surface area contributed by atoms with E-state index in [0.29, 0.717) is 11.3 Å². The molecule has 2 aromatic carbocycles. The molecule has 0 unspecified atom stereocenters. The third-order valence-electron chi connectivity index (χ3n) is 5.10. The average molecular weight is 512 g/mol. The Morgan fingerprint density at radius 3 is 1.81 bits per heavy atom. The largest absolute Gasteiger partial charge is 0.497 e. The maximum Gasteiger partial charge on any atom is 0.435 e. The maximum absolute atomic E-state index is 13.8. The number of aliphatic imine (C=N–C) groups is 1. The summed E-state index contributed by atoms with van der Waals surface area (Å²) in [6, 6.07) is 15.0. The number of rotatable bonds is 4. The second kappa shape index (κ2) is 10.1. The van der Waals surface area contributed by atoms with Crippen molar-refractivity contribution in [2.24, 2.45) is 4.99 Å². The first-order valence-corrected chi connectivity index (χ1v) is 11.7. The Labute approximate surface area is 216 Å². The van der Waals surface area contributed by atoms with E-state index in [1.165, 1.54) is 14.2 Å². The van der Waals surface area contributed by atoms with Gasteiger partial charge in [0.25, 0.3) is 5.66 Å². The molecule has 2 amide bonds. The van der Waals surface area contributed by atoms with Crippen molar-refractivity contribution < 1.29 is 33.3 Å². The summed E-state index contributed by atoms with van der Waals surface area (Å²) in [7, 11) is 2.70. The summed E-state index contributed by atoms with van der Waals surface area (Å²) in [5.74, 6) is -0.351. The number of amides is 2. The topological polar surface area (TPSA) is 107 Å². The van der Waals surface area contributed by atoms with Crippen LogP contribution in [0.25, 0.3) is 0 Å². The summed E-state index contributed by atoms with van der Waals surface area (Å²) in [4.78, 5) is 45.7. The van der Waals surface area contributed by atoms with Crippen LogP contribution in [0.1, 0.15) is 52.7 Å². The Hall–Kier alpha value is -4.08. The molecule has 0 saturated carbocycles. The monoisotopic (exact) mass is 511 g/mol. The molecule has 0 radical (unpaired) electrons. The molecule has 2 aromatic rings. The van der Waals surface area contributed by atoms with E-state index in [2.05, 4.69) is 0 Å². The van der Waals surface area contributed by atoms with Crippen molar-refractivity contribution in [2.75, 3.05) is 14.2 Å². The van der Waals surface area contributed by atoms with Crippen LogP contribution in [-0.4, -0.2) is 59.4 Å². The molecule has 0 saturated heterocycles. The van der Waals surface area contributed by atoms with Gasteiger partial charge in [-0.15, -0.1) is 0 Å². The Morgan fingerprint density at radius 2 is 1.32 bits per heavy atom. The first-order chi connectivity index (χ1) is 17.2. The molecule has 0 fully saturated rings. The van der Waals surface area contributed by atoms with Gasteiger partial charge >= 0.3 is 18.2 Å². The normalized spacial score (nSPS) is 17.7. The van der Waals surface area contributed by atoms with Gasteiger partial charge in [0.15, 0.2) is 5.84 Å². The van der Waals surface area contributed by atoms with Gasteiger partial charge in [0, 0.05) is 11.1 Å². The number of hydrazine groups is 1. The van der Waals surface area contributed by atoms with E-state index in [1.807, 2.05) is 0 Å². The van der Waals surface area contributed by atoms with Crippen LogP contribution in [0, 0.1) is 0 Å². The fourth-order valence-electron chi connectivity index (χ4n) is 3.66. The Balaban J connectivity index is 2.36. The van der Waals surface area contributed by atoms with Crippen LogP contribution < -0.4 is 4.74 Å². The zero-order valence-corrected chi connectivity index (χ0v) is 22.4. The molecule has 0 aromatic heterocycles. The number of nitrogens with zero attached hydrogens (tertiary/aromatic N) is 3. The molecule has 10 nitrogen and oxygen atoms in total. The number of carbonyl (C=O) groups is 3. The van der Waals surface area contributed by atoms with Gasteiger partial charge in [0.2, 0.25) is 0 Å². The summed E-state index contributed by atoms with van der Waals surface area (Å²) >= 11 is 0. The minimum absolute atomic E-state index is 0.0167. The predicted molar refractivity (Wildman–Crippen MR) is 136 cm³/mol. The van der Waals surface area contributed by atoms with E-state index >= 15 is 0 Å². The molecular weight excluding hydrogens is 478 g/mol. The van der Waals surface area contributed by atoms with Crippen molar-refractivity contribution in [1.29, 1.82) is 0 Å². The number of ether oxygens (including phenoxy) is 4. The van der Waals surface area contributed by atoms with Crippen molar-refractivity contribution in [1.82, 2.24) is 10.0 Å². The van der Waals surface area contributed by atoms with Crippen molar-refractivity contribution in [3.63, 3.8) is 0 Å². The minimum Gasteiger partial charge on any atom is -0.497 e. The lowest BCUT2D eigenvalue weighted by atomic mass is 9.99. The molecule has 0 bridgehead atoms. The van der Waals surface area contributed by atoms with Crippen LogP contribution in [0.2, 0.25) is 0 Å². The molecule has 198 valence electrons. The summed E-state index contributed by atoms with van der Waals surface area (Å²) in [5.41, 5.74) is -3.31. The zero-order valence-electron chi connectivity index (χ0n) is 22.4. The van der Waals surface area contributed by atoms with Gasteiger partial charge in [0.1, 0.15) is 17.0 Å². The highest BCUT2D eigenvalue weighted by molar-refractivity contribution is 6.11. The highest BCUT2D eigenvalue weighted by Crippen LogP contribution is 2.41. The molecule has 0 N–H and O–H groups in total. The first-order valence-electron chi connectivity index (χ1n) is 11.7. The molecule has 10 heteroatoms. The molecule has 1 heterocycles. The van der Waals surface area contributed by atoms with Gasteiger partial charge in [-0.2, -0.15) is 10.0 Å². The summed E-state index contributed by atoms with van der Waals surface area (Å²) < 4.78 is 21.7. The number of amidine groups is 1. The molecule has 3 rings (SSSR count). The zero-order chi connectivity index (χ0) is 27.6. The highest BCUT2D eigenvalue weighted by atomic mass is 16.6. The fraction of sp³-hybridized carbons (Fsp3) is 0.407. The molecule has 1 aliphatic heterocycles.